The Morgan fingerprint density at radius 1 is 1.45 bits per heavy atom. The first kappa shape index (κ1) is 15.9. The van der Waals surface area contributed by atoms with E-state index in [1.807, 2.05) is 6.92 Å². The van der Waals surface area contributed by atoms with Crippen molar-refractivity contribution in [1.82, 2.24) is 5.32 Å². The summed E-state index contributed by atoms with van der Waals surface area (Å²) in [4.78, 5) is 22.0. The summed E-state index contributed by atoms with van der Waals surface area (Å²) in [6, 6.07) is 3.89. The van der Waals surface area contributed by atoms with E-state index in [9.17, 15) is 20.0 Å². The Balaban J connectivity index is 2.84. The van der Waals surface area contributed by atoms with Gasteiger partial charge in [0, 0.05) is 12.6 Å². The highest BCUT2D eigenvalue weighted by molar-refractivity contribution is 5.98. The number of nitrogens with one attached hydrogen (secondary N) is 1. The average Bonchev–Trinajstić information content (AvgIpc) is 2.34. The number of rotatable bonds is 4. The maximum atomic E-state index is 12.0. The lowest BCUT2D eigenvalue weighted by Crippen LogP contribution is -2.33. The fourth-order valence-corrected chi connectivity index (χ4v) is 1.51. The maximum Gasteiger partial charge on any atom is 0.311 e. The van der Waals surface area contributed by atoms with E-state index in [2.05, 4.69) is 26.1 Å². The highest BCUT2D eigenvalue weighted by atomic mass is 16.6. The molecule has 20 heavy (non-hydrogen) atoms. The predicted octanol–water partition coefficient (Wildman–Crippen LogP) is 2.71. The van der Waals surface area contributed by atoms with Gasteiger partial charge in [-0.25, -0.2) is 0 Å². The Hall–Kier alpha value is -2.11. The topological polar surface area (TPSA) is 92.5 Å². The normalized spacial score (nSPS) is 12.8. The monoisotopic (exact) mass is 280 g/mol. The minimum atomic E-state index is -0.718. The second kappa shape index (κ2) is 5.90. The van der Waals surface area contributed by atoms with Gasteiger partial charge in [0.1, 0.15) is 0 Å². The molecule has 110 valence electrons. The predicted molar refractivity (Wildman–Crippen MR) is 75.7 cm³/mol. The largest absolute Gasteiger partial charge is 0.502 e. The number of hydrogen-bond acceptors (Lipinski definition) is 4. The van der Waals surface area contributed by atoms with E-state index in [0.29, 0.717) is 6.54 Å². The molecule has 1 atom stereocenters. The number of benzene rings is 1. The zero-order valence-electron chi connectivity index (χ0n) is 12.1. The number of hydrogen-bond donors (Lipinski definition) is 2. The van der Waals surface area contributed by atoms with Gasteiger partial charge in [0.25, 0.3) is 5.91 Å². The van der Waals surface area contributed by atoms with Crippen molar-refractivity contribution in [3.05, 3.63) is 33.9 Å². The molecule has 0 aliphatic carbocycles. The Morgan fingerprint density at radius 2 is 2.05 bits per heavy atom. The molecule has 1 amide bonds. The quantitative estimate of drug-likeness (QED) is 0.655. The van der Waals surface area contributed by atoms with Crippen LogP contribution in [0.15, 0.2) is 18.2 Å². The number of nitro benzene ring substituents is 1. The van der Waals surface area contributed by atoms with Gasteiger partial charge in [-0.3, -0.25) is 14.9 Å². The van der Waals surface area contributed by atoms with Crippen LogP contribution in [-0.2, 0) is 0 Å². The van der Waals surface area contributed by atoms with Crippen molar-refractivity contribution in [2.24, 2.45) is 11.3 Å². The summed E-state index contributed by atoms with van der Waals surface area (Å²) < 4.78 is 0. The lowest BCUT2D eigenvalue weighted by molar-refractivity contribution is -0.385. The standard InChI is InChI=1S/C14H20N2O4/c1-9(14(2,3)4)8-15-13(18)10-6-5-7-11(12(10)17)16(19)20/h5-7,9,17H,8H2,1-4H3,(H,15,18). The first-order chi connectivity index (χ1) is 9.14. The SMILES string of the molecule is CC(CNC(=O)c1cccc([N+](=O)[O-])c1O)C(C)(C)C. The molecule has 6 heteroatoms. The minimum absolute atomic E-state index is 0.0397. The molecule has 2 N–H and O–H groups in total. The molecule has 0 aliphatic rings. The first-order valence-corrected chi connectivity index (χ1v) is 6.39. The van der Waals surface area contributed by atoms with Gasteiger partial charge in [0.2, 0.25) is 5.75 Å². The molecule has 0 bridgehead atoms. The molecular formula is C14H20N2O4. The maximum absolute atomic E-state index is 12.0. The van der Waals surface area contributed by atoms with Gasteiger partial charge in [-0.2, -0.15) is 0 Å². The van der Waals surface area contributed by atoms with E-state index in [0.717, 1.165) is 6.07 Å². The smallest absolute Gasteiger partial charge is 0.311 e. The molecular weight excluding hydrogens is 260 g/mol. The van der Waals surface area contributed by atoms with Crippen molar-refractivity contribution in [1.29, 1.82) is 0 Å². The number of aromatic hydroxyl groups is 1. The summed E-state index contributed by atoms with van der Waals surface area (Å²) >= 11 is 0. The number of carbonyl (C=O) groups is 1. The summed E-state index contributed by atoms with van der Waals surface area (Å²) in [6.45, 7) is 8.63. The van der Waals surface area contributed by atoms with Crippen molar-refractivity contribution < 1.29 is 14.8 Å². The van der Waals surface area contributed by atoms with Crippen LogP contribution in [-0.4, -0.2) is 22.5 Å². The highest BCUT2D eigenvalue weighted by Crippen LogP contribution is 2.29. The summed E-state index contributed by atoms with van der Waals surface area (Å²) in [7, 11) is 0. The van der Waals surface area contributed by atoms with Crippen LogP contribution in [0.2, 0.25) is 0 Å². The van der Waals surface area contributed by atoms with Crippen molar-refractivity contribution in [2.75, 3.05) is 6.54 Å². The van der Waals surface area contributed by atoms with Crippen LogP contribution >= 0.6 is 0 Å². The molecule has 0 fully saturated rings. The molecule has 0 aromatic heterocycles. The summed E-state index contributed by atoms with van der Waals surface area (Å²) in [5.41, 5.74) is -0.514. The third kappa shape index (κ3) is 3.69. The van der Waals surface area contributed by atoms with E-state index in [4.69, 9.17) is 0 Å². The molecule has 0 heterocycles. The van der Waals surface area contributed by atoms with Crippen LogP contribution in [0, 0.1) is 21.4 Å². The van der Waals surface area contributed by atoms with Gasteiger partial charge in [-0.05, 0) is 17.4 Å². The van der Waals surface area contributed by atoms with Crippen LogP contribution in [0.25, 0.3) is 0 Å². The molecule has 1 aromatic carbocycles. The van der Waals surface area contributed by atoms with E-state index < -0.39 is 22.3 Å². The van der Waals surface area contributed by atoms with Crippen LogP contribution < -0.4 is 5.32 Å². The second-order valence-electron chi connectivity index (χ2n) is 5.91. The Labute approximate surface area is 118 Å². The van der Waals surface area contributed by atoms with Crippen molar-refractivity contribution in [2.45, 2.75) is 27.7 Å². The lowest BCUT2D eigenvalue weighted by Gasteiger charge is -2.27. The number of phenols is 1. The van der Waals surface area contributed by atoms with Gasteiger partial charge in [0.05, 0.1) is 10.5 Å². The van der Waals surface area contributed by atoms with E-state index >= 15 is 0 Å². The van der Waals surface area contributed by atoms with Crippen LogP contribution in [0.3, 0.4) is 0 Å². The number of amides is 1. The number of nitro groups is 1. The first-order valence-electron chi connectivity index (χ1n) is 6.39. The summed E-state index contributed by atoms with van der Waals surface area (Å²) in [5, 5.41) is 23.2. The van der Waals surface area contributed by atoms with E-state index in [1.54, 1.807) is 0 Å². The van der Waals surface area contributed by atoms with Gasteiger partial charge in [0.15, 0.2) is 0 Å². The van der Waals surface area contributed by atoms with E-state index in [1.165, 1.54) is 12.1 Å². The van der Waals surface area contributed by atoms with Crippen LogP contribution in [0.5, 0.6) is 5.75 Å². The number of phenolic OH excluding ortho intramolecular Hbond substituents is 1. The number of nitrogens with zero attached hydrogens (tertiary/aromatic N) is 1. The van der Waals surface area contributed by atoms with Crippen molar-refractivity contribution in [3.63, 3.8) is 0 Å². The number of para-hydroxylation sites is 1. The fourth-order valence-electron chi connectivity index (χ4n) is 1.51. The van der Waals surface area contributed by atoms with Crippen molar-refractivity contribution in [3.8, 4) is 5.75 Å². The highest BCUT2D eigenvalue weighted by Gasteiger charge is 2.23. The molecule has 1 unspecified atom stereocenters. The Bertz CT molecular complexity index is 520. The van der Waals surface area contributed by atoms with E-state index in [-0.39, 0.29) is 16.9 Å². The Morgan fingerprint density at radius 3 is 2.55 bits per heavy atom. The molecule has 1 rings (SSSR count). The minimum Gasteiger partial charge on any atom is -0.502 e. The average molecular weight is 280 g/mol. The zero-order valence-corrected chi connectivity index (χ0v) is 12.1. The third-order valence-electron chi connectivity index (χ3n) is 3.50. The summed E-state index contributed by atoms with van der Waals surface area (Å²) in [5.74, 6) is -0.881. The van der Waals surface area contributed by atoms with Crippen LogP contribution in [0.1, 0.15) is 38.1 Å². The lowest BCUT2D eigenvalue weighted by atomic mass is 9.82. The molecule has 0 saturated carbocycles. The molecule has 0 spiro atoms. The summed E-state index contributed by atoms with van der Waals surface area (Å²) in [6.07, 6.45) is 0. The fraction of sp³-hybridized carbons (Fsp3) is 0.500. The second-order valence-corrected chi connectivity index (χ2v) is 5.91. The molecule has 0 radical (unpaired) electrons. The van der Waals surface area contributed by atoms with Crippen LogP contribution in [0.4, 0.5) is 5.69 Å². The number of carbonyl (C=O) groups excluding carboxylic acids is 1. The van der Waals surface area contributed by atoms with Gasteiger partial charge < -0.3 is 10.4 Å². The molecule has 6 nitrogen and oxygen atoms in total. The molecule has 0 saturated heterocycles. The zero-order chi connectivity index (χ0) is 15.5. The Kier molecular flexibility index (Phi) is 4.70. The van der Waals surface area contributed by atoms with Gasteiger partial charge >= 0.3 is 5.69 Å². The molecule has 0 aliphatic heterocycles. The van der Waals surface area contributed by atoms with Gasteiger partial charge in [-0.1, -0.05) is 33.8 Å². The molecule has 1 aromatic rings. The van der Waals surface area contributed by atoms with Gasteiger partial charge in [-0.15, -0.1) is 0 Å². The van der Waals surface area contributed by atoms with Crippen molar-refractivity contribution >= 4 is 11.6 Å². The third-order valence-corrected chi connectivity index (χ3v) is 3.50.